The molecule has 1 unspecified atom stereocenters. The summed E-state index contributed by atoms with van der Waals surface area (Å²) in [5.74, 6) is 5.17. The minimum atomic E-state index is -1.16. The van der Waals surface area contributed by atoms with Crippen LogP contribution in [0, 0.1) is 10.1 Å². The monoisotopic (exact) mass is 142 g/mol. The Kier molecular flexibility index (Phi) is 1.63. The van der Waals surface area contributed by atoms with E-state index in [2.05, 4.69) is 4.99 Å². The van der Waals surface area contributed by atoms with E-state index in [4.69, 9.17) is 5.84 Å². The number of allylic oxidation sites excluding steroid dienone is 1. The summed E-state index contributed by atoms with van der Waals surface area (Å²) in [6, 6.07) is 0. The summed E-state index contributed by atoms with van der Waals surface area (Å²) in [4.78, 5) is 13.0. The van der Waals surface area contributed by atoms with Crippen LogP contribution in [0.5, 0.6) is 0 Å². The summed E-state index contributed by atoms with van der Waals surface area (Å²) >= 11 is 0. The van der Waals surface area contributed by atoms with Crippen LogP contribution in [0.1, 0.15) is 0 Å². The van der Waals surface area contributed by atoms with E-state index in [1.165, 1.54) is 18.5 Å². The zero-order valence-electron chi connectivity index (χ0n) is 5.04. The number of hydrazine groups is 1. The van der Waals surface area contributed by atoms with Crippen LogP contribution in [0.25, 0.3) is 0 Å². The number of aliphatic imine (C=N–C) groups is 1. The Morgan fingerprint density at radius 2 is 2.50 bits per heavy atom. The Balaban J connectivity index is 2.70. The van der Waals surface area contributed by atoms with E-state index in [1.807, 2.05) is 0 Å². The first-order valence-corrected chi connectivity index (χ1v) is 2.58. The highest BCUT2D eigenvalue weighted by atomic mass is 16.6. The standard InChI is InChI=1S/C4H6N4O2/c5-7-3-1-2-6-4(7)8(9)10/h1-4H,5H2. The van der Waals surface area contributed by atoms with Gasteiger partial charge < -0.3 is 0 Å². The van der Waals surface area contributed by atoms with Gasteiger partial charge in [0.25, 0.3) is 0 Å². The normalized spacial score (nSPS) is 23.3. The average Bonchev–Trinajstić information content (AvgIpc) is 1.88. The lowest BCUT2D eigenvalue weighted by molar-refractivity contribution is -0.545. The van der Waals surface area contributed by atoms with Gasteiger partial charge in [-0.25, -0.2) is 10.9 Å². The number of hydrogen-bond donors (Lipinski definition) is 1. The van der Waals surface area contributed by atoms with Gasteiger partial charge in [-0.3, -0.25) is 10.1 Å². The summed E-state index contributed by atoms with van der Waals surface area (Å²) in [5.41, 5.74) is 0. The lowest BCUT2D eigenvalue weighted by atomic mass is 10.5. The Hall–Kier alpha value is -1.43. The second-order valence-corrected chi connectivity index (χ2v) is 1.72. The van der Waals surface area contributed by atoms with Gasteiger partial charge in [0.15, 0.2) is 0 Å². The molecule has 2 N–H and O–H groups in total. The zero-order chi connectivity index (χ0) is 7.56. The Morgan fingerprint density at radius 1 is 1.80 bits per heavy atom. The molecule has 1 rings (SSSR count). The van der Waals surface area contributed by atoms with Crippen LogP contribution >= 0.6 is 0 Å². The summed E-state index contributed by atoms with van der Waals surface area (Å²) < 4.78 is 0. The number of rotatable bonds is 1. The van der Waals surface area contributed by atoms with Gasteiger partial charge in [0.1, 0.15) is 0 Å². The third-order valence-electron chi connectivity index (χ3n) is 1.02. The first kappa shape index (κ1) is 6.69. The molecule has 6 heteroatoms. The lowest BCUT2D eigenvalue weighted by Crippen LogP contribution is -2.41. The molecule has 1 atom stereocenters. The Morgan fingerprint density at radius 3 is 2.90 bits per heavy atom. The Bertz CT molecular complexity index is 199. The zero-order valence-corrected chi connectivity index (χ0v) is 5.04. The van der Waals surface area contributed by atoms with Gasteiger partial charge >= 0.3 is 6.29 Å². The van der Waals surface area contributed by atoms with Crippen molar-refractivity contribution in [2.75, 3.05) is 0 Å². The molecule has 1 aliphatic heterocycles. The maximum absolute atomic E-state index is 10.1. The topological polar surface area (TPSA) is 84.8 Å². The molecule has 0 amide bonds. The number of nitro groups is 1. The summed E-state index contributed by atoms with van der Waals surface area (Å²) in [5, 5.41) is 11.0. The minimum absolute atomic E-state index is 0.569. The molecule has 10 heavy (non-hydrogen) atoms. The van der Waals surface area contributed by atoms with Gasteiger partial charge in [-0.1, -0.05) is 0 Å². The molecule has 0 saturated carbocycles. The van der Waals surface area contributed by atoms with Crippen molar-refractivity contribution >= 4 is 6.21 Å². The molecule has 0 saturated heterocycles. The van der Waals surface area contributed by atoms with Crippen molar-refractivity contribution in [3.8, 4) is 0 Å². The predicted molar refractivity (Wildman–Crippen MR) is 34.4 cm³/mol. The molecule has 0 fully saturated rings. The SMILES string of the molecule is NN1C=CC=NC1[N+](=O)[O-]. The molecular weight excluding hydrogens is 136 g/mol. The molecule has 6 nitrogen and oxygen atoms in total. The van der Waals surface area contributed by atoms with Gasteiger partial charge in [-0.15, -0.1) is 0 Å². The van der Waals surface area contributed by atoms with Gasteiger partial charge in [0.05, 0.1) is 4.92 Å². The fourth-order valence-electron chi connectivity index (χ4n) is 0.582. The van der Waals surface area contributed by atoms with Crippen LogP contribution in [0.4, 0.5) is 0 Å². The average molecular weight is 142 g/mol. The molecular formula is C4H6N4O2. The van der Waals surface area contributed by atoms with Crippen LogP contribution < -0.4 is 5.84 Å². The largest absolute Gasteiger partial charge is 0.398 e. The Labute approximate surface area is 56.8 Å². The molecule has 0 radical (unpaired) electrons. The molecule has 0 aromatic carbocycles. The fraction of sp³-hybridized carbons (Fsp3) is 0.250. The smallest absolute Gasteiger partial charge is 0.261 e. The van der Waals surface area contributed by atoms with Crippen molar-refractivity contribution in [2.24, 2.45) is 10.8 Å². The van der Waals surface area contributed by atoms with E-state index in [1.54, 1.807) is 0 Å². The number of hydrogen-bond acceptors (Lipinski definition) is 5. The van der Waals surface area contributed by atoms with Gasteiger partial charge in [0.2, 0.25) is 0 Å². The van der Waals surface area contributed by atoms with Crippen LogP contribution in [-0.4, -0.2) is 22.4 Å². The van der Waals surface area contributed by atoms with Crippen molar-refractivity contribution in [3.63, 3.8) is 0 Å². The second kappa shape index (κ2) is 2.44. The van der Waals surface area contributed by atoms with Crippen molar-refractivity contribution < 1.29 is 4.92 Å². The van der Waals surface area contributed by atoms with Gasteiger partial charge in [0, 0.05) is 12.4 Å². The van der Waals surface area contributed by atoms with Crippen molar-refractivity contribution in [3.05, 3.63) is 22.4 Å². The highest BCUT2D eigenvalue weighted by molar-refractivity contribution is 5.71. The second-order valence-electron chi connectivity index (χ2n) is 1.72. The predicted octanol–water partition coefficient (Wildman–Crippen LogP) is -0.679. The highest BCUT2D eigenvalue weighted by Gasteiger charge is 2.22. The summed E-state index contributed by atoms with van der Waals surface area (Å²) in [7, 11) is 0. The molecule has 0 aliphatic carbocycles. The van der Waals surface area contributed by atoms with Crippen LogP contribution in [0.3, 0.4) is 0 Å². The number of nitrogens with two attached hydrogens (primary N) is 1. The maximum Gasteiger partial charge on any atom is 0.398 e. The van der Waals surface area contributed by atoms with Crippen molar-refractivity contribution in [2.45, 2.75) is 6.29 Å². The first-order chi connectivity index (χ1) is 4.72. The molecule has 0 bridgehead atoms. The van der Waals surface area contributed by atoms with Gasteiger partial charge in [-0.2, -0.15) is 4.99 Å². The summed E-state index contributed by atoms with van der Waals surface area (Å²) in [6.45, 7) is 0. The molecule has 1 aliphatic rings. The first-order valence-electron chi connectivity index (χ1n) is 2.58. The molecule has 0 aromatic heterocycles. The minimum Gasteiger partial charge on any atom is -0.261 e. The van der Waals surface area contributed by atoms with Gasteiger partial charge in [-0.05, 0) is 6.08 Å². The molecule has 1 heterocycles. The molecule has 0 spiro atoms. The van der Waals surface area contributed by atoms with E-state index in [0.29, 0.717) is 0 Å². The quantitative estimate of drug-likeness (QED) is 0.298. The van der Waals surface area contributed by atoms with E-state index in [0.717, 1.165) is 5.01 Å². The van der Waals surface area contributed by atoms with E-state index >= 15 is 0 Å². The summed E-state index contributed by atoms with van der Waals surface area (Å²) in [6.07, 6.45) is 3.10. The van der Waals surface area contributed by atoms with Crippen molar-refractivity contribution in [1.29, 1.82) is 0 Å². The number of nitrogens with zero attached hydrogens (tertiary/aromatic N) is 3. The van der Waals surface area contributed by atoms with Crippen molar-refractivity contribution in [1.82, 2.24) is 5.01 Å². The fourth-order valence-corrected chi connectivity index (χ4v) is 0.582. The molecule has 54 valence electrons. The maximum atomic E-state index is 10.1. The van der Waals surface area contributed by atoms with Crippen LogP contribution in [0.2, 0.25) is 0 Å². The van der Waals surface area contributed by atoms with E-state index in [-0.39, 0.29) is 0 Å². The van der Waals surface area contributed by atoms with E-state index in [9.17, 15) is 10.1 Å². The highest BCUT2D eigenvalue weighted by Crippen LogP contribution is 2.00. The lowest BCUT2D eigenvalue weighted by Gasteiger charge is -2.16. The third-order valence-corrected chi connectivity index (χ3v) is 1.02. The van der Waals surface area contributed by atoms with Crippen LogP contribution in [-0.2, 0) is 0 Å². The molecule has 0 aromatic rings. The van der Waals surface area contributed by atoms with E-state index < -0.39 is 11.2 Å². The van der Waals surface area contributed by atoms with Crippen LogP contribution in [0.15, 0.2) is 17.3 Å². The third kappa shape index (κ3) is 1.11.